The number of aryl methyl sites for hydroxylation is 1. The highest BCUT2D eigenvalue weighted by Crippen LogP contribution is 2.23. The minimum Gasteiger partial charge on any atom is -0.346 e. The highest BCUT2D eigenvalue weighted by Gasteiger charge is 2.21. The van der Waals surface area contributed by atoms with Crippen LogP contribution in [0.3, 0.4) is 0 Å². The molecule has 0 saturated carbocycles. The van der Waals surface area contributed by atoms with Crippen molar-refractivity contribution in [3.63, 3.8) is 0 Å². The van der Waals surface area contributed by atoms with Gasteiger partial charge in [-0.15, -0.1) is 0 Å². The van der Waals surface area contributed by atoms with Crippen molar-refractivity contribution in [2.75, 3.05) is 0 Å². The van der Waals surface area contributed by atoms with Crippen LogP contribution in [0.15, 0.2) is 42.5 Å². The largest absolute Gasteiger partial charge is 0.346 e. The summed E-state index contributed by atoms with van der Waals surface area (Å²) < 4.78 is 0. The van der Waals surface area contributed by atoms with Crippen LogP contribution in [0.5, 0.6) is 0 Å². The van der Waals surface area contributed by atoms with Crippen molar-refractivity contribution in [2.24, 2.45) is 0 Å². The van der Waals surface area contributed by atoms with E-state index in [0.29, 0.717) is 0 Å². The second-order valence-corrected chi connectivity index (χ2v) is 5.94. The Hall–Kier alpha value is -3.29. The molecule has 0 bridgehead atoms. The summed E-state index contributed by atoms with van der Waals surface area (Å²) >= 11 is 0. The minimum atomic E-state index is -0.764. The molecule has 8 nitrogen and oxygen atoms in total. The third-order valence-electron chi connectivity index (χ3n) is 3.95. The van der Waals surface area contributed by atoms with E-state index in [1.165, 1.54) is 5.56 Å². The SMILES string of the molecule is CCCc1ccc([C@H](C)NC(=O)c2cc([N+](=O)[O-])cc([N+](=O)[O-])c2)cc1. The number of nitro benzene ring substituents is 2. The molecular weight excluding hydrogens is 338 g/mol. The molecule has 0 saturated heterocycles. The van der Waals surface area contributed by atoms with Crippen LogP contribution in [0.25, 0.3) is 0 Å². The van der Waals surface area contributed by atoms with Gasteiger partial charge in [-0.25, -0.2) is 0 Å². The molecule has 0 radical (unpaired) electrons. The molecule has 1 N–H and O–H groups in total. The molecule has 0 aromatic heterocycles. The first-order valence-corrected chi connectivity index (χ1v) is 8.15. The normalized spacial score (nSPS) is 11.6. The molecule has 2 aromatic rings. The van der Waals surface area contributed by atoms with Crippen molar-refractivity contribution >= 4 is 17.3 Å². The molecule has 1 atom stereocenters. The lowest BCUT2D eigenvalue weighted by molar-refractivity contribution is -0.394. The van der Waals surface area contributed by atoms with E-state index in [9.17, 15) is 25.0 Å². The van der Waals surface area contributed by atoms with Gasteiger partial charge in [0.2, 0.25) is 0 Å². The van der Waals surface area contributed by atoms with Crippen molar-refractivity contribution in [1.82, 2.24) is 5.32 Å². The Labute approximate surface area is 150 Å². The van der Waals surface area contributed by atoms with Crippen LogP contribution in [0.2, 0.25) is 0 Å². The molecule has 26 heavy (non-hydrogen) atoms. The van der Waals surface area contributed by atoms with Gasteiger partial charge < -0.3 is 5.32 Å². The van der Waals surface area contributed by atoms with Crippen LogP contribution in [0, 0.1) is 20.2 Å². The number of benzene rings is 2. The van der Waals surface area contributed by atoms with Gasteiger partial charge in [0.1, 0.15) is 0 Å². The van der Waals surface area contributed by atoms with E-state index in [-0.39, 0.29) is 11.6 Å². The smallest absolute Gasteiger partial charge is 0.277 e. The topological polar surface area (TPSA) is 115 Å². The van der Waals surface area contributed by atoms with E-state index in [0.717, 1.165) is 36.6 Å². The Bertz CT molecular complexity index is 801. The van der Waals surface area contributed by atoms with Crippen molar-refractivity contribution < 1.29 is 14.6 Å². The van der Waals surface area contributed by atoms with Gasteiger partial charge in [0.25, 0.3) is 17.3 Å². The Morgan fingerprint density at radius 1 is 1.04 bits per heavy atom. The number of nitro groups is 2. The number of amides is 1. The zero-order valence-electron chi connectivity index (χ0n) is 14.5. The summed E-state index contributed by atoms with van der Waals surface area (Å²) in [6, 6.07) is 10.3. The Kier molecular flexibility index (Phi) is 6.00. The molecule has 0 heterocycles. The van der Waals surface area contributed by atoms with E-state index in [4.69, 9.17) is 0 Å². The highest BCUT2D eigenvalue weighted by atomic mass is 16.6. The summed E-state index contributed by atoms with van der Waals surface area (Å²) in [6.45, 7) is 3.87. The van der Waals surface area contributed by atoms with Gasteiger partial charge in [-0.1, -0.05) is 37.6 Å². The summed E-state index contributed by atoms with van der Waals surface area (Å²) in [4.78, 5) is 32.7. The zero-order valence-corrected chi connectivity index (χ0v) is 14.5. The zero-order chi connectivity index (χ0) is 19.3. The van der Waals surface area contributed by atoms with E-state index in [1.807, 2.05) is 24.3 Å². The number of nitrogens with zero attached hydrogens (tertiary/aromatic N) is 2. The molecule has 136 valence electrons. The van der Waals surface area contributed by atoms with Crippen molar-refractivity contribution in [2.45, 2.75) is 32.7 Å². The Morgan fingerprint density at radius 2 is 1.58 bits per heavy atom. The molecule has 0 aliphatic heterocycles. The summed E-state index contributed by atoms with van der Waals surface area (Å²) in [5, 5.41) is 24.6. The van der Waals surface area contributed by atoms with Crippen molar-refractivity contribution in [1.29, 1.82) is 0 Å². The fourth-order valence-corrected chi connectivity index (χ4v) is 2.56. The van der Waals surface area contributed by atoms with Gasteiger partial charge in [0, 0.05) is 12.1 Å². The van der Waals surface area contributed by atoms with Gasteiger partial charge in [0.05, 0.1) is 27.5 Å². The number of carbonyl (C=O) groups is 1. The summed E-state index contributed by atoms with van der Waals surface area (Å²) in [6.07, 6.45) is 2.01. The summed E-state index contributed by atoms with van der Waals surface area (Å²) in [5.74, 6) is -0.609. The first-order valence-electron chi connectivity index (χ1n) is 8.15. The average molecular weight is 357 g/mol. The predicted octanol–water partition coefficient (Wildman–Crippen LogP) is 3.95. The number of non-ortho nitro benzene ring substituents is 2. The molecular formula is C18H19N3O5. The number of hydrogen-bond acceptors (Lipinski definition) is 5. The lowest BCUT2D eigenvalue weighted by atomic mass is 10.0. The van der Waals surface area contributed by atoms with Gasteiger partial charge in [-0.05, 0) is 24.5 Å². The molecule has 8 heteroatoms. The van der Waals surface area contributed by atoms with Crippen LogP contribution >= 0.6 is 0 Å². The lowest BCUT2D eigenvalue weighted by Crippen LogP contribution is -2.26. The molecule has 0 unspecified atom stereocenters. The highest BCUT2D eigenvalue weighted by molar-refractivity contribution is 5.95. The maximum absolute atomic E-state index is 12.4. The first kappa shape index (κ1) is 19.0. The fourth-order valence-electron chi connectivity index (χ4n) is 2.56. The van der Waals surface area contributed by atoms with Gasteiger partial charge in [-0.2, -0.15) is 0 Å². The van der Waals surface area contributed by atoms with E-state index in [2.05, 4.69) is 12.2 Å². The van der Waals surface area contributed by atoms with E-state index >= 15 is 0 Å². The monoisotopic (exact) mass is 357 g/mol. The predicted molar refractivity (Wildman–Crippen MR) is 96.1 cm³/mol. The van der Waals surface area contributed by atoms with Crippen LogP contribution in [-0.2, 0) is 6.42 Å². The second kappa shape index (κ2) is 8.19. The standard InChI is InChI=1S/C18H19N3O5/c1-3-4-13-5-7-14(8-6-13)12(2)19-18(22)15-9-16(20(23)24)11-17(10-15)21(25)26/h5-12H,3-4H2,1-2H3,(H,19,22)/t12-/m0/s1. The first-order chi connectivity index (χ1) is 12.3. The van der Waals surface area contributed by atoms with Gasteiger partial charge in [0.15, 0.2) is 0 Å². The molecule has 0 aliphatic carbocycles. The number of carbonyl (C=O) groups excluding carboxylic acids is 1. The van der Waals surface area contributed by atoms with Crippen LogP contribution < -0.4 is 5.32 Å². The fraction of sp³-hybridized carbons (Fsp3) is 0.278. The van der Waals surface area contributed by atoms with Gasteiger partial charge >= 0.3 is 0 Å². The number of rotatable bonds is 7. The number of hydrogen-bond donors (Lipinski definition) is 1. The molecule has 1 amide bonds. The van der Waals surface area contributed by atoms with E-state index < -0.39 is 27.1 Å². The molecule has 0 spiro atoms. The van der Waals surface area contributed by atoms with Gasteiger partial charge in [-0.3, -0.25) is 25.0 Å². The Morgan fingerprint density at radius 3 is 2.04 bits per heavy atom. The lowest BCUT2D eigenvalue weighted by Gasteiger charge is -2.15. The third-order valence-corrected chi connectivity index (χ3v) is 3.95. The van der Waals surface area contributed by atoms with Crippen LogP contribution in [0.4, 0.5) is 11.4 Å². The van der Waals surface area contributed by atoms with Crippen LogP contribution in [-0.4, -0.2) is 15.8 Å². The molecule has 0 fully saturated rings. The third kappa shape index (κ3) is 4.62. The quantitative estimate of drug-likeness (QED) is 0.595. The second-order valence-electron chi connectivity index (χ2n) is 5.94. The maximum atomic E-state index is 12.4. The number of nitrogens with one attached hydrogen (secondary N) is 1. The van der Waals surface area contributed by atoms with Crippen molar-refractivity contribution in [3.05, 3.63) is 79.4 Å². The van der Waals surface area contributed by atoms with Crippen molar-refractivity contribution in [3.8, 4) is 0 Å². The molecule has 0 aliphatic rings. The summed E-state index contributed by atoms with van der Waals surface area (Å²) in [7, 11) is 0. The maximum Gasteiger partial charge on any atom is 0.277 e. The molecule has 2 rings (SSSR count). The van der Waals surface area contributed by atoms with Crippen LogP contribution in [0.1, 0.15) is 47.8 Å². The molecule has 2 aromatic carbocycles. The van der Waals surface area contributed by atoms with E-state index in [1.54, 1.807) is 6.92 Å². The summed E-state index contributed by atoms with van der Waals surface area (Å²) in [5.41, 5.74) is 0.949. The minimum absolute atomic E-state index is 0.125. The Balaban J connectivity index is 2.20. The average Bonchev–Trinajstić information content (AvgIpc) is 2.62.